The minimum absolute atomic E-state index is 0.00871. The Labute approximate surface area is 118 Å². The smallest absolute Gasteiger partial charge is 0.251 e. The van der Waals surface area contributed by atoms with Crippen molar-refractivity contribution in [2.24, 2.45) is 7.05 Å². The summed E-state index contributed by atoms with van der Waals surface area (Å²) in [6, 6.07) is 7.91. The van der Waals surface area contributed by atoms with Crippen molar-refractivity contribution in [3.05, 3.63) is 53.3 Å². The van der Waals surface area contributed by atoms with E-state index in [1.165, 1.54) is 0 Å². The Kier molecular flexibility index (Phi) is 3.46. The number of aryl methyl sites for hydroxylation is 1. The Balaban J connectivity index is 1.74. The van der Waals surface area contributed by atoms with E-state index < -0.39 is 0 Å². The van der Waals surface area contributed by atoms with E-state index >= 15 is 0 Å². The summed E-state index contributed by atoms with van der Waals surface area (Å²) in [5.74, 6) is 0.00871. The lowest BCUT2D eigenvalue weighted by Crippen LogP contribution is -2.25. The zero-order chi connectivity index (χ0) is 13.9. The average Bonchev–Trinajstić information content (AvgIpc) is 2.90. The van der Waals surface area contributed by atoms with E-state index in [9.17, 15) is 4.79 Å². The molecule has 1 aliphatic rings. The molecule has 4 heteroatoms. The van der Waals surface area contributed by atoms with Crippen molar-refractivity contribution in [3.8, 4) is 0 Å². The molecule has 0 saturated carbocycles. The van der Waals surface area contributed by atoms with Gasteiger partial charge in [0.15, 0.2) is 0 Å². The topological polar surface area (TPSA) is 46.1 Å². The van der Waals surface area contributed by atoms with Crippen LogP contribution in [-0.4, -0.2) is 17.0 Å². The van der Waals surface area contributed by atoms with Gasteiger partial charge in [0.1, 0.15) is 0 Å². The highest BCUT2D eigenvalue weighted by atomic mass is 16.1. The van der Waals surface area contributed by atoms with Gasteiger partial charge in [-0.25, -0.2) is 0 Å². The molecule has 0 atom stereocenters. The summed E-state index contributed by atoms with van der Waals surface area (Å²) in [7, 11) is 1.98. The van der Waals surface area contributed by atoms with Crippen LogP contribution < -0.4 is 10.6 Å². The van der Waals surface area contributed by atoms with Gasteiger partial charge >= 0.3 is 0 Å². The van der Waals surface area contributed by atoms with Crippen molar-refractivity contribution >= 4 is 11.6 Å². The van der Waals surface area contributed by atoms with Gasteiger partial charge in [0.05, 0.1) is 0 Å². The number of anilines is 1. The molecule has 1 aliphatic heterocycles. The summed E-state index contributed by atoms with van der Waals surface area (Å²) in [6.45, 7) is 1.55. The van der Waals surface area contributed by atoms with E-state index in [1.54, 1.807) is 0 Å². The molecular formula is C16H19N3O. The lowest BCUT2D eigenvalue weighted by molar-refractivity contribution is 0.0950. The molecule has 2 heterocycles. The van der Waals surface area contributed by atoms with Gasteiger partial charge in [-0.1, -0.05) is 6.07 Å². The van der Waals surface area contributed by atoms with Gasteiger partial charge in [-0.15, -0.1) is 0 Å². The summed E-state index contributed by atoms with van der Waals surface area (Å²) >= 11 is 0. The molecule has 0 bridgehead atoms. The second kappa shape index (κ2) is 5.41. The van der Waals surface area contributed by atoms with Gasteiger partial charge in [-0.05, 0) is 42.2 Å². The Morgan fingerprint density at radius 3 is 3.10 bits per heavy atom. The fraction of sp³-hybridized carbons (Fsp3) is 0.312. The fourth-order valence-electron chi connectivity index (χ4n) is 2.67. The Bertz CT molecular complexity index is 630. The first-order valence-corrected chi connectivity index (χ1v) is 6.99. The van der Waals surface area contributed by atoms with E-state index in [-0.39, 0.29) is 5.91 Å². The highest BCUT2D eigenvalue weighted by Gasteiger charge is 2.16. The quantitative estimate of drug-likeness (QED) is 0.898. The van der Waals surface area contributed by atoms with Gasteiger partial charge in [0.25, 0.3) is 5.91 Å². The second-order valence-electron chi connectivity index (χ2n) is 5.23. The maximum absolute atomic E-state index is 12.4. The second-order valence-corrected chi connectivity index (χ2v) is 5.23. The molecule has 1 aromatic carbocycles. The zero-order valence-electron chi connectivity index (χ0n) is 11.6. The average molecular weight is 269 g/mol. The Morgan fingerprint density at radius 2 is 2.30 bits per heavy atom. The normalized spacial score (nSPS) is 13.4. The van der Waals surface area contributed by atoms with Crippen molar-refractivity contribution < 1.29 is 4.79 Å². The third-order valence-electron chi connectivity index (χ3n) is 3.69. The van der Waals surface area contributed by atoms with E-state index in [2.05, 4.69) is 10.6 Å². The third-order valence-corrected chi connectivity index (χ3v) is 3.69. The molecule has 0 unspecified atom stereocenters. The van der Waals surface area contributed by atoms with Crippen LogP contribution in [0.3, 0.4) is 0 Å². The first-order chi connectivity index (χ1) is 9.74. The monoisotopic (exact) mass is 269 g/mol. The molecule has 104 valence electrons. The number of nitrogens with zero attached hydrogens (tertiary/aromatic N) is 1. The summed E-state index contributed by atoms with van der Waals surface area (Å²) in [4.78, 5) is 12.4. The van der Waals surface area contributed by atoms with Crippen LogP contribution in [0.4, 0.5) is 5.69 Å². The number of rotatable bonds is 3. The lowest BCUT2D eigenvalue weighted by Gasteiger charge is -2.20. The van der Waals surface area contributed by atoms with E-state index in [0.29, 0.717) is 6.54 Å². The van der Waals surface area contributed by atoms with Crippen molar-refractivity contribution in [1.82, 2.24) is 9.88 Å². The van der Waals surface area contributed by atoms with Crippen LogP contribution in [0.5, 0.6) is 0 Å². The predicted molar refractivity (Wildman–Crippen MR) is 79.8 cm³/mol. The van der Waals surface area contributed by atoms with E-state index in [1.807, 2.05) is 48.3 Å². The van der Waals surface area contributed by atoms with Crippen LogP contribution in [0, 0.1) is 0 Å². The zero-order valence-corrected chi connectivity index (χ0v) is 11.6. The first-order valence-electron chi connectivity index (χ1n) is 6.99. The van der Waals surface area contributed by atoms with Crippen LogP contribution in [0.25, 0.3) is 0 Å². The molecule has 0 radical (unpaired) electrons. The summed E-state index contributed by atoms with van der Waals surface area (Å²) in [6.07, 6.45) is 6.05. The van der Waals surface area contributed by atoms with Crippen molar-refractivity contribution in [3.63, 3.8) is 0 Å². The summed E-state index contributed by atoms with van der Waals surface area (Å²) in [5.41, 5.74) is 4.15. The number of aromatic nitrogens is 1. The van der Waals surface area contributed by atoms with Gasteiger partial charge in [0, 0.05) is 43.8 Å². The van der Waals surface area contributed by atoms with E-state index in [4.69, 9.17) is 0 Å². The van der Waals surface area contributed by atoms with Gasteiger partial charge in [-0.2, -0.15) is 0 Å². The lowest BCUT2D eigenvalue weighted by atomic mass is 9.97. The maximum atomic E-state index is 12.4. The molecule has 0 aliphatic carbocycles. The highest BCUT2D eigenvalue weighted by Crippen LogP contribution is 2.25. The van der Waals surface area contributed by atoms with Crippen LogP contribution in [-0.2, 0) is 20.0 Å². The van der Waals surface area contributed by atoms with Gasteiger partial charge in [-0.3, -0.25) is 4.79 Å². The number of nitrogens with one attached hydrogen (secondary N) is 2. The molecule has 3 rings (SSSR count). The molecule has 0 spiro atoms. The molecule has 1 aromatic heterocycles. The van der Waals surface area contributed by atoms with Gasteiger partial charge in [0.2, 0.25) is 0 Å². The number of hydrogen-bond acceptors (Lipinski definition) is 2. The molecule has 2 aromatic rings. The number of hydrogen-bond donors (Lipinski definition) is 2. The molecular weight excluding hydrogens is 250 g/mol. The molecule has 0 fully saturated rings. The van der Waals surface area contributed by atoms with Crippen LogP contribution in [0.2, 0.25) is 0 Å². The fourth-order valence-corrected chi connectivity index (χ4v) is 2.67. The van der Waals surface area contributed by atoms with Gasteiger partial charge < -0.3 is 15.2 Å². The third kappa shape index (κ3) is 2.54. The Hall–Kier alpha value is -2.23. The molecule has 20 heavy (non-hydrogen) atoms. The summed E-state index contributed by atoms with van der Waals surface area (Å²) in [5, 5.41) is 6.35. The van der Waals surface area contributed by atoms with Crippen molar-refractivity contribution in [1.29, 1.82) is 0 Å². The molecule has 4 nitrogen and oxygen atoms in total. The van der Waals surface area contributed by atoms with E-state index in [0.717, 1.165) is 41.8 Å². The largest absolute Gasteiger partial charge is 0.385 e. The number of amides is 1. The predicted octanol–water partition coefficient (Wildman–Crippen LogP) is 2.31. The molecule has 2 N–H and O–H groups in total. The Morgan fingerprint density at radius 1 is 1.40 bits per heavy atom. The minimum Gasteiger partial charge on any atom is -0.385 e. The first kappa shape index (κ1) is 12.8. The standard InChI is InChI=1S/C16H19N3O/c1-19-9-7-12(11-19)10-18-16(20)14-4-2-6-15-13(14)5-3-8-17-15/h2,4,6-7,9,11,17H,3,5,8,10H2,1H3,(H,18,20). The highest BCUT2D eigenvalue weighted by molar-refractivity contribution is 5.97. The van der Waals surface area contributed by atoms with Crippen LogP contribution in [0.15, 0.2) is 36.7 Å². The minimum atomic E-state index is 0.00871. The SMILES string of the molecule is Cn1ccc(CNC(=O)c2cccc3c2CCCN3)c1. The number of carbonyl (C=O) groups is 1. The van der Waals surface area contributed by atoms with Crippen LogP contribution >= 0.6 is 0 Å². The number of carbonyl (C=O) groups excluding carboxylic acids is 1. The molecule has 1 amide bonds. The van der Waals surface area contributed by atoms with Crippen molar-refractivity contribution in [2.45, 2.75) is 19.4 Å². The summed E-state index contributed by atoms with van der Waals surface area (Å²) < 4.78 is 1.98. The maximum Gasteiger partial charge on any atom is 0.251 e. The van der Waals surface area contributed by atoms with Crippen molar-refractivity contribution in [2.75, 3.05) is 11.9 Å². The number of fused-ring (bicyclic) bond motifs is 1. The van der Waals surface area contributed by atoms with Crippen LogP contribution in [0.1, 0.15) is 27.9 Å². The molecule has 0 saturated heterocycles. The number of benzene rings is 1.